The lowest BCUT2D eigenvalue weighted by Gasteiger charge is -2.20. The van der Waals surface area contributed by atoms with Crippen molar-refractivity contribution < 1.29 is 17.9 Å². The molecule has 20 heavy (non-hydrogen) atoms. The van der Waals surface area contributed by atoms with Gasteiger partial charge in [-0.15, -0.1) is 0 Å². The summed E-state index contributed by atoms with van der Waals surface area (Å²) in [6.45, 7) is 1.61. The lowest BCUT2D eigenvalue weighted by Crippen LogP contribution is -2.34. The molecule has 1 unspecified atom stereocenters. The van der Waals surface area contributed by atoms with Gasteiger partial charge in [0.1, 0.15) is 4.90 Å². The molecule has 0 heterocycles. The molecule has 1 aromatic rings. The molecule has 0 spiro atoms. The highest BCUT2D eigenvalue weighted by Crippen LogP contribution is 2.27. The van der Waals surface area contributed by atoms with Crippen molar-refractivity contribution in [3.63, 3.8) is 0 Å². The number of sulfonamides is 1. The van der Waals surface area contributed by atoms with Crippen LogP contribution in [0.4, 0.5) is 0 Å². The largest absolute Gasteiger partial charge is 0.469 e. The Balaban J connectivity index is 3.01. The average molecular weight is 385 g/mol. The normalized spacial score (nSPS) is 13.3. The van der Waals surface area contributed by atoms with Gasteiger partial charge in [0.2, 0.25) is 10.0 Å². The molecule has 112 valence electrons. The van der Waals surface area contributed by atoms with E-state index in [1.54, 1.807) is 13.0 Å². The molecule has 0 bridgehead atoms. The third-order valence-electron chi connectivity index (χ3n) is 2.72. The first-order chi connectivity index (χ1) is 9.20. The molecular formula is C12H15BrClNO4S. The van der Waals surface area contributed by atoms with Crippen LogP contribution in [-0.4, -0.2) is 39.4 Å². The van der Waals surface area contributed by atoms with Gasteiger partial charge in [-0.2, -0.15) is 0 Å². The molecule has 1 aromatic carbocycles. The fraction of sp³-hybridized carbons (Fsp3) is 0.417. The number of rotatable bonds is 5. The molecule has 5 nitrogen and oxygen atoms in total. The van der Waals surface area contributed by atoms with Crippen LogP contribution in [0.1, 0.15) is 6.92 Å². The maximum atomic E-state index is 12.4. The highest BCUT2D eigenvalue weighted by molar-refractivity contribution is 9.10. The van der Waals surface area contributed by atoms with Gasteiger partial charge >= 0.3 is 5.97 Å². The molecule has 0 aliphatic carbocycles. The van der Waals surface area contributed by atoms with Crippen molar-refractivity contribution >= 4 is 43.5 Å². The number of halogens is 2. The third kappa shape index (κ3) is 3.94. The van der Waals surface area contributed by atoms with Crippen LogP contribution < -0.4 is 0 Å². The van der Waals surface area contributed by atoms with Crippen LogP contribution in [0.25, 0.3) is 0 Å². The Morgan fingerprint density at radius 2 is 2.10 bits per heavy atom. The fourth-order valence-corrected chi connectivity index (χ4v) is 3.88. The Hall–Kier alpha value is -0.630. The molecule has 0 N–H and O–H groups in total. The van der Waals surface area contributed by atoms with Crippen molar-refractivity contribution in [2.75, 3.05) is 20.7 Å². The van der Waals surface area contributed by atoms with Gasteiger partial charge in [0.05, 0.1) is 18.1 Å². The maximum absolute atomic E-state index is 12.4. The average Bonchev–Trinajstić information content (AvgIpc) is 2.36. The second kappa shape index (κ2) is 6.89. The van der Waals surface area contributed by atoms with Gasteiger partial charge in [-0.05, 0) is 18.2 Å². The molecule has 1 atom stereocenters. The summed E-state index contributed by atoms with van der Waals surface area (Å²) in [5.74, 6) is -1.03. The second-order valence-electron chi connectivity index (χ2n) is 4.28. The van der Waals surface area contributed by atoms with Crippen LogP contribution in [0.2, 0.25) is 5.02 Å². The van der Waals surface area contributed by atoms with Crippen molar-refractivity contribution in [3.8, 4) is 0 Å². The predicted octanol–water partition coefficient (Wildman–Crippen LogP) is 2.53. The van der Waals surface area contributed by atoms with E-state index in [1.807, 2.05) is 0 Å². The smallest absolute Gasteiger partial charge is 0.309 e. The van der Waals surface area contributed by atoms with E-state index < -0.39 is 21.9 Å². The molecule has 0 saturated heterocycles. The molecule has 0 radical (unpaired) electrons. The molecule has 0 aromatic heterocycles. The SMILES string of the molecule is COC(=O)C(C)CN(C)S(=O)(=O)c1ccc(Br)cc1Cl. The van der Waals surface area contributed by atoms with Crippen molar-refractivity contribution in [2.24, 2.45) is 5.92 Å². The van der Waals surface area contributed by atoms with Gasteiger partial charge in [-0.1, -0.05) is 34.5 Å². The highest BCUT2D eigenvalue weighted by Gasteiger charge is 2.27. The van der Waals surface area contributed by atoms with Crippen LogP contribution in [-0.2, 0) is 19.6 Å². The van der Waals surface area contributed by atoms with Gasteiger partial charge in [0.15, 0.2) is 0 Å². The highest BCUT2D eigenvalue weighted by atomic mass is 79.9. The summed E-state index contributed by atoms with van der Waals surface area (Å²) in [6.07, 6.45) is 0. The summed E-state index contributed by atoms with van der Waals surface area (Å²) in [5.41, 5.74) is 0. The molecule has 8 heteroatoms. The zero-order valence-corrected chi connectivity index (χ0v) is 14.4. The van der Waals surface area contributed by atoms with E-state index in [4.69, 9.17) is 11.6 Å². The summed E-state index contributed by atoms with van der Waals surface area (Å²) < 4.78 is 31.1. The quantitative estimate of drug-likeness (QED) is 0.732. The Bertz CT molecular complexity index is 605. The minimum absolute atomic E-state index is 0.00179. The number of carbonyl (C=O) groups is 1. The molecule has 1 rings (SSSR count). The minimum Gasteiger partial charge on any atom is -0.469 e. The zero-order valence-electron chi connectivity index (χ0n) is 11.3. The summed E-state index contributed by atoms with van der Waals surface area (Å²) in [7, 11) is -1.09. The van der Waals surface area contributed by atoms with Gasteiger partial charge in [-0.25, -0.2) is 12.7 Å². The van der Waals surface area contributed by atoms with E-state index in [9.17, 15) is 13.2 Å². The number of benzene rings is 1. The van der Waals surface area contributed by atoms with Gasteiger partial charge in [0.25, 0.3) is 0 Å². The summed E-state index contributed by atoms with van der Waals surface area (Å²) in [5, 5.41) is 0.122. The number of ether oxygens (including phenoxy) is 1. The summed E-state index contributed by atoms with van der Waals surface area (Å²) >= 11 is 9.17. The lowest BCUT2D eigenvalue weighted by molar-refractivity contribution is -0.144. The second-order valence-corrected chi connectivity index (χ2v) is 7.62. The number of hydrogen-bond donors (Lipinski definition) is 0. The van der Waals surface area contributed by atoms with E-state index >= 15 is 0 Å². The Kier molecular flexibility index (Phi) is 6.00. The van der Waals surface area contributed by atoms with Crippen LogP contribution in [0.3, 0.4) is 0 Å². The van der Waals surface area contributed by atoms with Crippen molar-refractivity contribution in [1.82, 2.24) is 4.31 Å². The fourth-order valence-electron chi connectivity index (χ4n) is 1.61. The molecule has 0 fully saturated rings. The lowest BCUT2D eigenvalue weighted by atomic mass is 10.2. The van der Waals surface area contributed by atoms with Crippen LogP contribution >= 0.6 is 27.5 Å². The Morgan fingerprint density at radius 1 is 1.50 bits per heavy atom. The first kappa shape index (κ1) is 17.4. The van der Waals surface area contributed by atoms with Crippen LogP contribution in [0, 0.1) is 5.92 Å². The first-order valence-electron chi connectivity index (χ1n) is 5.69. The first-order valence-corrected chi connectivity index (χ1v) is 8.30. The molecular weight excluding hydrogens is 370 g/mol. The van der Waals surface area contributed by atoms with Gasteiger partial charge in [-0.3, -0.25) is 4.79 Å². The standard InChI is InChI=1S/C12H15BrClNO4S/c1-8(12(16)19-3)7-15(2)20(17,18)11-5-4-9(13)6-10(11)14/h4-6,8H,7H2,1-3H3. The predicted molar refractivity (Wildman–Crippen MR) is 80.1 cm³/mol. The monoisotopic (exact) mass is 383 g/mol. The van der Waals surface area contributed by atoms with E-state index in [2.05, 4.69) is 20.7 Å². The summed E-state index contributed by atoms with van der Waals surface area (Å²) in [4.78, 5) is 11.3. The number of hydrogen-bond acceptors (Lipinski definition) is 4. The Labute approximate surface area is 132 Å². The van der Waals surface area contributed by atoms with Crippen molar-refractivity contribution in [1.29, 1.82) is 0 Å². The molecule has 0 aliphatic heterocycles. The van der Waals surface area contributed by atoms with Gasteiger partial charge in [0, 0.05) is 18.1 Å². The van der Waals surface area contributed by atoms with E-state index in [1.165, 1.54) is 26.3 Å². The van der Waals surface area contributed by atoms with Crippen LogP contribution in [0.15, 0.2) is 27.6 Å². The van der Waals surface area contributed by atoms with E-state index in [0.717, 1.165) is 4.31 Å². The molecule has 0 amide bonds. The summed E-state index contributed by atoms with van der Waals surface area (Å²) in [6, 6.07) is 4.52. The van der Waals surface area contributed by atoms with Crippen LogP contribution in [0.5, 0.6) is 0 Å². The minimum atomic E-state index is -3.75. The van der Waals surface area contributed by atoms with E-state index in [0.29, 0.717) is 4.47 Å². The molecule has 0 saturated carbocycles. The molecule has 0 aliphatic rings. The number of esters is 1. The zero-order chi connectivity index (χ0) is 15.5. The third-order valence-corrected chi connectivity index (χ3v) is 5.52. The number of methoxy groups -OCH3 is 1. The van der Waals surface area contributed by atoms with Gasteiger partial charge < -0.3 is 4.74 Å². The van der Waals surface area contributed by atoms with Crippen molar-refractivity contribution in [3.05, 3.63) is 27.7 Å². The van der Waals surface area contributed by atoms with Crippen molar-refractivity contribution in [2.45, 2.75) is 11.8 Å². The number of carbonyl (C=O) groups excluding carboxylic acids is 1. The van der Waals surface area contributed by atoms with E-state index in [-0.39, 0.29) is 16.5 Å². The maximum Gasteiger partial charge on any atom is 0.309 e. The number of nitrogens with zero attached hydrogens (tertiary/aromatic N) is 1. The topological polar surface area (TPSA) is 63.7 Å². The Morgan fingerprint density at radius 3 is 2.60 bits per heavy atom.